The Balaban J connectivity index is 1.16. The predicted octanol–water partition coefficient (Wildman–Crippen LogP) is 1.94. The molecule has 0 spiro atoms. The van der Waals surface area contributed by atoms with Gasteiger partial charge in [-0.3, -0.25) is 9.59 Å². The second kappa shape index (κ2) is 9.47. The van der Waals surface area contributed by atoms with Gasteiger partial charge < -0.3 is 25.7 Å². The largest absolute Gasteiger partial charge is 0.480 e. The third-order valence-electron chi connectivity index (χ3n) is 6.68. The molecule has 10 heteroatoms. The Morgan fingerprint density at radius 2 is 2.03 bits per heavy atom. The van der Waals surface area contributed by atoms with Gasteiger partial charge in [-0.2, -0.15) is 0 Å². The maximum absolute atomic E-state index is 13.8. The number of benzene rings is 1. The number of hydrogen-bond donors (Lipinski definition) is 3. The van der Waals surface area contributed by atoms with E-state index >= 15 is 0 Å². The SMILES string of the molecule is N[C@@H](Cn1c(=O)cnc2ccc(F)cc21)C1CCC(NCc2ccc3c(n2)NC(=O)CO3)CC1. The number of anilines is 1. The molecule has 1 aliphatic carbocycles. The first-order valence-electron chi connectivity index (χ1n) is 11.5. The van der Waals surface area contributed by atoms with Crippen molar-refractivity contribution in [3.63, 3.8) is 0 Å². The first kappa shape index (κ1) is 22.4. The number of pyridine rings is 1. The van der Waals surface area contributed by atoms with Crippen molar-refractivity contribution >= 4 is 22.8 Å². The van der Waals surface area contributed by atoms with Crippen LogP contribution in [-0.4, -0.2) is 39.1 Å². The van der Waals surface area contributed by atoms with Crippen LogP contribution in [0.25, 0.3) is 11.0 Å². The topological polar surface area (TPSA) is 124 Å². The molecular formula is C24H27FN6O3. The van der Waals surface area contributed by atoms with Crippen molar-refractivity contribution in [2.24, 2.45) is 11.7 Å². The molecule has 3 heterocycles. The van der Waals surface area contributed by atoms with E-state index in [9.17, 15) is 14.0 Å². The molecule has 1 saturated carbocycles. The first-order valence-corrected chi connectivity index (χ1v) is 11.5. The number of rotatable bonds is 6. The highest BCUT2D eigenvalue weighted by Gasteiger charge is 2.26. The van der Waals surface area contributed by atoms with E-state index < -0.39 is 5.82 Å². The Bertz CT molecular complexity index is 1270. The summed E-state index contributed by atoms with van der Waals surface area (Å²) in [7, 11) is 0. The van der Waals surface area contributed by atoms with Crippen LogP contribution >= 0.6 is 0 Å². The Morgan fingerprint density at radius 3 is 2.85 bits per heavy atom. The maximum Gasteiger partial charge on any atom is 0.269 e. The fourth-order valence-electron chi connectivity index (χ4n) is 4.79. The average molecular weight is 467 g/mol. The summed E-state index contributed by atoms with van der Waals surface area (Å²) < 4.78 is 20.6. The monoisotopic (exact) mass is 466 g/mol. The van der Waals surface area contributed by atoms with Gasteiger partial charge in [0.25, 0.3) is 11.5 Å². The number of nitrogens with zero attached hydrogens (tertiary/aromatic N) is 3. The molecule has 5 rings (SSSR count). The van der Waals surface area contributed by atoms with E-state index in [0.717, 1.165) is 31.4 Å². The van der Waals surface area contributed by atoms with Crippen molar-refractivity contribution in [2.75, 3.05) is 11.9 Å². The molecule has 0 saturated heterocycles. The molecule has 3 aromatic rings. The van der Waals surface area contributed by atoms with Gasteiger partial charge in [0.05, 0.1) is 22.9 Å². The second-order valence-electron chi connectivity index (χ2n) is 8.98. The normalized spacial score (nSPS) is 20.9. The summed E-state index contributed by atoms with van der Waals surface area (Å²) in [6.45, 7) is 0.936. The highest BCUT2D eigenvalue weighted by Crippen LogP contribution is 2.28. The minimum Gasteiger partial charge on any atom is -0.480 e. The summed E-state index contributed by atoms with van der Waals surface area (Å²) >= 11 is 0. The van der Waals surface area contributed by atoms with Gasteiger partial charge in [0.15, 0.2) is 18.2 Å². The lowest BCUT2D eigenvalue weighted by Crippen LogP contribution is -2.42. The highest BCUT2D eigenvalue weighted by molar-refractivity contribution is 5.94. The minimum atomic E-state index is -0.405. The van der Waals surface area contributed by atoms with Crippen LogP contribution in [0.4, 0.5) is 10.2 Å². The lowest BCUT2D eigenvalue weighted by Gasteiger charge is -2.33. The van der Waals surface area contributed by atoms with Crippen molar-refractivity contribution in [3.8, 4) is 5.75 Å². The van der Waals surface area contributed by atoms with Crippen LogP contribution in [0.1, 0.15) is 31.4 Å². The number of nitrogens with one attached hydrogen (secondary N) is 2. The molecule has 0 bridgehead atoms. The minimum absolute atomic E-state index is 0.0144. The molecule has 1 amide bonds. The smallest absolute Gasteiger partial charge is 0.269 e. The Hall–Kier alpha value is -3.37. The second-order valence-corrected chi connectivity index (χ2v) is 8.98. The highest BCUT2D eigenvalue weighted by atomic mass is 19.1. The van der Waals surface area contributed by atoms with Gasteiger partial charge in [-0.05, 0) is 61.9 Å². The summed E-state index contributed by atoms with van der Waals surface area (Å²) in [6, 6.07) is 8.09. The van der Waals surface area contributed by atoms with E-state index in [0.29, 0.717) is 41.7 Å². The van der Waals surface area contributed by atoms with Crippen LogP contribution in [-0.2, 0) is 17.9 Å². The van der Waals surface area contributed by atoms with Crippen molar-refractivity contribution in [2.45, 2.75) is 50.9 Å². The Kier molecular flexibility index (Phi) is 6.25. The standard InChI is InChI=1S/C24H27FN6O3/c25-15-3-7-19-20(9-15)31(23(33)11-28-19)12-18(26)14-1-4-16(5-2-14)27-10-17-6-8-21-24(29-17)30-22(32)13-34-21/h3,6-9,11,14,16,18,27H,1-2,4-5,10,12-13,26H2,(H,29,30,32)/t14?,16?,18-/m0/s1. The number of hydrogen-bond acceptors (Lipinski definition) is 7. The first-order chi connectivity index (χ1) is 16.5. The number of halogens is 1. The van der Waals surface area contributed by atoms with Crippen molar-refractivity contribution in [3.05, 3.63) is 58.4 Å². The van der Waals surface area contributed by atoms with Crippen LogP contribution in [0.5, 0.6) is 5.75 Å². The molecular weight excluding hydrogens is 439 g/mol. The van der Waals surface area contributed by atoms with Crippen LogP contribution in [0.2, 0.25) is 0 Å². The predicted molar refractivity (Wildman–Crippen MR) is 125 cm³/mol. The number of ether oxygens (including phenoxy) is 1. The maximum atomic E-state index is 13.8. The molecule has 1 atom stereocenters. The van der Waals surface area contributed by atoms with E-state index in [4.69, 9.17) is 10.5 Å². The van der Waals surface area contributed by atoms with Gasteiger partial charge in [0.2, 0.25) is 0 Å². The van der Waals surface area contributed by atoms with Crippen LogP contribution in [0.15, 0.2) is 41.3 Å². The summed E-state index contributed by atoms with van der Waals surface area (Å²) in [4.78, 5) is 32.5. The molecule has 0 unspecified atom stereocenters. The summed E-state index contributed by atoms with van der Waals surface area (Å²) in [5.74, 6) is 0.714. The number of carbonyl (C=O) groups excluding carboxylic acids is 1. The van der Waals surface area contributed by atoms with E-state index in [-0.39, 0.29) is 30.0 Å². The average Bonchev–Trinajstić information content (AvgIpc) is 2.84. The van der Waals surface area contributed by atoms with Crippen LogP contribution in [0, 0.1) is 11.7 Å². The zero-order valence-electron chi connectivity index (χ0n) is 18.7. The number of carbonyl (C=O) groups is 1. The van der Waals surface area contributed by atoms with E-state index in [2.05, 4.69) is 20.6 Å². The Labute approximate surface area is 195 Å². The quantitative estimate of drug-likeness (QED) is 0.507. The molecule has 9 nitrogen and oxygen atoms in total. The lowest BCUT2D eigenvalue weighted by molar-refractivity contribution is -0.118. The number of amides is 1. The van der Waals surface area contributed by atoms with Gasteiger partial charge in [0.1, 0.15) is 5.82 Å². The Morgan fingerprint density at radius 1 is 1.21 bits per heavy atom. The van der Waals surface area contributed by atoms with E-state index in [1.807, 2.05) is 12.1 Å². The van der Waals surface area contributed by atoms with Gasteiger partial charge in [-0.1, -0.05) is 0 Å². The number of aromatic nitrogens is 3. The van der Waals surface area contributed by atoms with Crippen molar-refractivity contribution in [1.29, 1.82) is 0 Å². The summed E-state index contributed by atoms with van der Waals surface area (Å²) in [6.07, 6.45) is 5.06. The van der Waals surface area contributed by atoms with Gasteiger partial charge >= 0.3 is 0 Å². The zero-order chi connectivity index (χ0) is 23.7. The fourth-order valence-corrected chi connectivity index (χ4v) is 4.79. The van der Waals surface area contributed by atoms with Gasteiger partial charge in [-0.15, -0.1) is 0 Å². The molecule has 4 N–H and O–H groups in total. The molecule has 0 radical (unpaired) electrons. The number of nitrogens with two attached hydrogens (primary N) is 1. The molecule has 2 aliphatic rings. The number of fused-ring (bicyclic) bond motifs is 2. The molecule has 178 valence electrons. The third kappa shape index (κ3) is 4.78. The fraction of sp³-hybridized carbons (Fsp3) is 0.417. The molecule has 2 aromatic heterocycles. The van der Waals surface area contributed by atoms with E-state index in [1.54, 1.807) is 6.07 Å². The van der Waals surface area contributed by atoms with Crippen molar-refractivity contribution < 1.29 is 13.9 Å². The third-order valence-corrected chi connectivity index (χ3v) is 6.68. The summed E-state index contributed by atoms with van der Waals surface area (Å²) in [5.41, 5.74) is 8.11. The zero-order valence-corrected chi connectivity index (χ0v) is 18.7. The van der Waals surface area contributed by atoms with Gasteiger partial charge in [0, 0.05) is 25.2 Å². The van der Waals surface area contributed by atoms with Crippen molar-refractivity contribution in [1.82, 2.24) is 19.9 Å². The lowest BCUT2D eigenvalue weighted by atomic mass is 9.81. The molecule has 34 heavy (non-hydrogen) atoms. The molecule has 1 aliphatic heterocycles. The van der Waals surface area contributed by atoms with E-state index in [1.165, 1.54) is 22.9 Å². The molecule has 1 aromatic carbocycles. The van der Waals surface area contributed by atoms with Crippen LogP contribution in [0.3, 0.4) is 0 Å². The summed E-state index contributed by atoms with van der Waals surface area (Å²) in [5, 5.41) is 6.27. The van der Waals surface area contributed by atoms with Gasteiger partial charge in [-0.25, -0.2) is 14.4 Å². The molecule has 1 fully saturated rings. The van der Waals surface area contributed by atoms with Crippen LogP contribution < -0.4 is 26.7 Å².